The summed E-state index contributed by atoms with van der Waals surface area (Å²) in [6, 6.07) is 12.7. The van der Waals surface area contributed by atoms with Crippen LogP contribution in [0.2, 0.25) is 0 Å². The number of carbonyl (C=O) groups excluding carboxylic acids is 1. The van der Waals surface area contributed by atoms with Gasteiger partial charge in [-0.15, -0.1) is 12.4 Å². The molecule has 2 unspecified atom stereocenters. The molecule has 0 radical (unpaired) electrons. The maximum atomic E-state index is 12.7. The van der Waals surface area contributed by atoms with Crippen molar-refractivity contribution >= 4 is 18.3 Å². The summed E-state index contributed by atoms with van der Waals surface area (Å²) in [7, 11) is 0. The second-order valence-electron chi connectivity index (χ2n) is 6.05. The number of ether oxygens (including phenoxy) is 1. The number of hydrogen-bond donors (Lipinski definition) is 1. The molecule has 1 fully saturated rings. The number of carbonyl (C=O) groups is 1. The summed E-state index contributed by atoms with van der Waals surface area (Å²) >= 11 is 0. The van der Waals surface area contributed by atoms with Crippen molar-refractivity contribution in [3.05, 3.63) is 48.2 Å². The zero-order chi connectivity index (χ0) is 16.2. The zero-order valence-corrected chi connectivity index (χ0v) is 14.5. The van der Waals surface area contributed by atoms with Crippen molar-refractivity contribution in [2.75, 3.05) is 13.1 Å². The van der Waals surface area contributed by atoms with E-state index in [0.29, 0.717) is 29.9 Å². The average Bonchev–Trinajstić information content (AvgIpc) is 3.03. The fourth-order valence-corrected chi connectivity index (χ4v) is 2.98. The van der Waals surface area contributed by atoms with Gasteiger partial charge in [0.05, 0.1) is 0 Å². The minimum Gasteiger partial charge on any atom is -0.426 e. The predicted octanol–water partition coefficient (Wildman–Crippen LogP) is 3.69. The van der Waals surface area contributed by atoms with Crippen LogP contribution in [0.1, 0.15) is 30.3 Å². The quantitative estimate of drug-likeness (QED) is 0.913. The molecule has 3 rings (SSSR count). The summed E-state index contributed by atoms with van der Waals surface area (Å²) in [5.74, 6) is 1.77. The number of nitrogens with zero attached hydrogens (tertiary/aromatic N) is 1. The number of furan rings is 1. The molecule has 1 saturated heterocycles. The molecule has 2 atom stereocenters. The number of nitrogens with two attached hydrogens (primary N) is 1. The Balaban J connectivity index is 0.00000208. The van der Waals surface area contributed by atoms with E-state index in [1.807, 2.05) is 35.2 Å². The van der Waals surface area contributed by atoms with Gasteiger partial charge in [0.25, 0.3) is 11.9 Å². The molecule has 5 nitrogen and oxygen atoms in total. The van der Waals surface area contributed by atoms with Crippen LogP contribution in [0.15, 0.2) is 46.9 Å². The van der Waals surface area contributed by atoms with E-state index < -0.39 is 0 Å². The molecular weight excluding hydrogens is 328 g/mol. The van der Waals surface area contributed by atoms with Gasteiger partial charge in [-0.25, -0.2) is 0 Å². The Morgan fingerprint density at radius 1 is 1.29 bits per heavy atom. The first-order valence-corrected chi connectivity index (χ1v) is 8.01. The van der Waals surface area contributed by atoms with Gasteiger partial charge in [-0.1, -0.05) is 25.1 Å². The summed E-state index contributed by atoms with van der Waals surface area (Å²) in [5, 5.41) is 0. The molecule has 6 heteroatoms. The highest BCUT2D eigenvalue weighted by Crippen LogP contribution is 2.27. The first-order chi connectivity index (χ1) is 11.2. The lowest BCUT2D eigenvalue weighted by molar-refractivity contribution is 0.0537. The lowest BCUT2D eigenvalue weighted by atomic mass is 9.92. The molecule has 0 bridgehead atoms. The smallest absolute Gasteiger partial charge is 0.290 e. The largest absolute Gasteiger partial charge is 0.426 e. The second-order valence-corrected chi connectivity index (χ2v) is 6.05. The topological polar surface area (TPSA) is 68.7 Å². The van der Waals surface area contributed by atoms with Crippen molar-refractivity contribution in [1.29, 1.82) is 0 Å². The van der Waals surface area contributed by atoms with Gasteiger partial charge in [0, 0.05) is 25.2 Å². The number of rotatable bonds is 4. The van der Waals surface area contributed by atoms with Gasteiger partial charge in [0.1, 0.15) is 5.75 Å². The van der Waals surface area contributed by atoms with E-state index in [1.54, 1.807) is 12.1 Å². The normalized spacial score (nSPS) is 20.3. The third-order valence-electron chi connectivity index (χ3n) is 4.26. The standard InChI is InChI=1S/C18H22N2O3.ClH/c1-13-9-10-20(14(11-13)12-19)18(21)16-7-8-17(23-16)22-15-5-3-2-4-6-15;/h2-8,13-14H,9-12,19H2,1H3;1H. The minimum atomic E-state index is -0.115. The zero-order valence-electron chi connectivity index (χ0n) is 13.7. The van der Waals surface area contributed by atoms with Gasteiger partial charge in [-0.2, -0.15) is 0 Å². The SMILES string of the molecule is CC1CCN(C(=O)c2ccc(Oc3ccccc3)o2)C(CN)C1.Cl. The lowest BCUT2D eigenvalue weighted by Gasteiger charge is -2.37. The number of piperidine rings is 1. The molecular formula is C18H23ClN2O3. The second kappa shape index (κ2) is 8.22. The van der Waals surface area contributed by atoms with Crippen molar-refractivity contribution < 1.29 is 13.9 Å². The van der Waals surface area contributed by atoms with Crippen LogP contribution in [0.4, 0.5) is 0 Å². The van der Waals surface area contributed by atoms with Crippen molar-refractivity contribution in [3.8, 4) is 11.7 Å². The Bertz CT molecular complexity index is 659. The molecule has 130 valence electrons. The molecule has 1 aliphatic rings. The molecule has 0 spiro atoms. The third-order valence-corrected chi connectivity index (χ3v) is 4.26. The van der Waals surface area contributed by atoms with Crippen molar-refractivity contribution in [3.63, 3.8) is 0 Å². The van der Waals surface area contributed by atoms with Crippen LogP contribution < -0.4 is 10.5 Å². The Labute approximate surface area is 148 Å². The van der Waals surface area contributed by atoms with Crippen molar-refractivity contribution in [2.24, 2.45) is 11.7 Å². The van der Waals surface area contributed by atoms with E-state index in [1.165, 1.54) is 0 Å². The summed E-state index contributed by atoms with van der Waals surface area (Å²) in [6.45, 7) is 3.39. The average molecular weight is 351 g/mol. The van der Waals surface area contributed by atoms with E-state index in [9.17, 15) is 4.79 Å². The monoisotopic (exact) mass is 350 g/mol. The highest BCUT2D eigenvalue weighted by molar-refractivity contribution is 5.92. The van der Waals surface area contributed by atoms with E-state index in [-0.39, 0.29) is 24.4 Å². The number of benzene rings is 1. The molecule has 2 heterocycles. The number of para-hydroxylation sites is 1. The van der Waals surface area contributed by atoms with Crippen LogP contribution in [0, 0.1) is 5.92 Å². The Morgan fingerprint density at radius 2 is 2.04 bits per heavy atom. The summed E-state index contributed by atoms with van der Waals surface area (Å²) in [4.78, 5) is 14.5. The third kappa shape index (κ3) is 4.10. The maximum absolute atomic E-state index is 12.7. The van der Waals surface area contributed by atoms with Crippen LogP contribution in [-0.4, -0.2) is 29.9 Å². The number of hydrogen-bond acceptors (Lipinski definition) is 4. The number of amides is 1. The van der Waals surface area contributed by atoms with Crippen LogP contribution in [0.3, 0.4) is 0 Å². The summed E-state index contributed by atoms with van der Waals surface area (Å²) in [5.41, 5.74) is 5.83. The lowest BCUT2D eigenvalue weighted by Crippen LogP contribution is -2.49. The maximum Gasteiger partial charge on any atom is 0.290 e. The highest BCUT2D eigenvalue weighted by Gasteiger charge is 2.31. The Morgan fingerprint density at radius 3 is 2.75 bits per heavy atom. The molecule has 1 amide bonds. The van der Waals surface area contributed by atoms with Gasteiger partial charge in [-0.05, 0) is 37.0 Å². The first kappa shape index (κ1) is 18.4. The minimum absolute atomic E-state index is 0. The van der Waals surface area contributed by atoms with E-state index in [0.717, 1.165) is 19.4 Å². The summed E-state index contributed by atoms with van der Waals surface area (Å²) < 4.78 is 11.2. The molecule has 1 aromatic heterocycles. The fourth-order valence-electron chi connectivity index (χ4n) is 2.98. The molecule has 1 aliphatic heterocycles. The van der Waals surface area contributed by atoms with Gasteiger partial charge in [0.2, 0.25) is 0 Å². The fraction of sp³-hybridized carbons (Fsp3) is 0.389. The van der Waals surface area contributed by atoms with Crippen molar-refractivity contribution in [2.45, 2.75) is 25.8 Å². The van der Waals surface area contributed by atoms with E-state index in [2.05, 4.69) is 6.92 Å². The van der Waals surface area contributed by atoms with Crippen LogP contribution in [0.25, 0.3) is 0 Å². The molecule has 24 heavy (non-hydrogen) atoms. The highest BCUT2D eigenvalue weighted by atomic mass is 35.5. The van der Waals surface area contributed by atoms with Crippen LogP contribution in [-0.2, 0) is 0 Å². The van der Waals surface area contributed by atoms with Crippen molar-refractivity contribution in [1.82, 2.24) is 4.90 Å². The molecule has 0 aliphatic carbocycles. The molecule has 0 saturated carbocycles. The van der Waals surface area contributed by atoms with Gasteiger partial charge in [-0.3, -0.25) is 4.79 Å². The van der Waals surface area contributed by atoms with Gasteiger partial charge >= 0.3 is 0 Å². The van der Waals surface area contributed by atoms with E-state index in [4.69, 9.17) is 14.9 Å². The van der Waals surface area contributed by atoms with E-state index >= 15 is 0 Å². The van der Waals surface area contributed by atoms with Crippen LogP contribution in [0.5, 0.6) is 11.7 Å². The Kier molecular flexibility index (Phi) is 6.29. The van der Waals surface area contributed by atoms with Gasteiger partial charge in [0.15, 0.2) is 5.76 Å². The molecule has 2 aromatic rings. The molecule has 1 aromatic carbocycles. The van der Waals surface area contributed by atoms with Crippen LogP contribution >= 0.6 is 12.4 Å². The first-order valence-electron chi connectivity index (χ1n) is 8.01. The Hall–Kier alpha value is -1.98. The predicted molar refractivity (Wildman–Crippen MR) is 94.7 cm³/mol. The van der Waals surface area contributed by atoms with Gasteiger partial charge < -0.3 is 19.8 Å². The summed E-state index contributed by atoms with van der Waals surface area (Å²) in [6.07, 6.45) is 1.94. The number of likely N-dealkylation sites (tertiary alicyclic amines) is 1. The number of halogens is 1. The molecule has 2 N–H and O–H groups in total.